The van der Waals surface area contributed by atoms with Gasteiger partial charge in [0.05, 0.1) is 23.1 Å². The molecule has 2 atom stereocenters. The van der Waals surface area contributed by atoms with Crippen molar-refractivity contribution in [1.29, 1.82) is 0 Å². The van der Waals surface area contributed by atoms with Crippen LogP contribution in [-0.4, -0.2) is 65.0 Å². The Bertz CT molecular complexity index is 979. The van der Waals surface area contributed by atoms with Gasteiger partial charge in [0.1, 0.15) is 11.3 Å². The second-order valence-electron chi connectivity index (χ2n) is 9.47. The molecule has 2 fully saturated rings. The van der Waals surface area contributed by atoms with Gasteiger partial charge in [-0.1, -0.05) is 28.8 Å². The van der Waals surface area contributed by atoms with Gasteiger partial charge in [0.25, 0.3) is 11.6 Å². The number of hydrogen-bond donors (Lipinski definition) is 3. The molecular formula is C22H30BrN5O6. The van der Waals surface area contributed by atoms with Gasteiger partial charge in [0.2, 0.25) is 5.91 Å². The van der Waals surface area contributed by atoms with Crippen LogP contribution < -0.4 is 16.0 Å². The van der Waals surface area contributed by atoms with Crippen molar-refractivity contribution in [3.63, 3.8) is 0 Å². The molecule has 1 saturated heterocycles. The second-order valence-corrected chi connectivity index (χ2v) is 10.4. The highest BCUT2D eigenvalue weighted by Gasteiger charge is 2.34. The molecule has 3 amide bonds. The molecule has 1 saturated carbocycles. The van der Waals surface area contributed by atoms with Crippen LogP contribution in [0, 0.1) is 10.1 Å². The molecule has 0 aromatic heterocycles. The molecule has 0 bridgehead atoms. The van der Waals surface area contributed by atoms with Crippen molar-refractivity contribution in [3.05, 3.63) is 32.3 Å². The summed E-state index contributed by atoms with van der Waals surface area (Å²) in [5, 5.41) is 20.6. The number of nitro benzene ring substituents is 1. The van der Waals surface area contributed by atoms with Crippen LogP contribution in [0.25, 0.3) is 0 Å². The van der Waals surface area contributed by atoms with Gasteiger partial charge in [0, 0.05) is 29.7 Å². The molecule has 1 aromatic carbocycles. The Morgan fingerprint density at radius 2 is 1.91 bits per heavy atom. The fourth-order valence-electron chi connectivity index (χ4n) is 4.16. The van der Waals surface area contributed by atoms with E-state index in [0.717, 1.165) is 12.8 Å². The minimum absolute atomic E-state index is 0.0760. The summed E-state index contributed by atoms with van der Waals surface area (Å²) in [6.07, 6.45) is 2.50. The van der Waals surface area contributed by atoms with E-state index in [2.05, 4.69) is 31.9 Å². The number of ether oxygens (including phenoxy) is 1. The van der Waals surface area contributed by atoms with Crippen LogP contribution in [0.4, 0.5) is 16.2 Å². The first-order valence-corrected chi connectivity index (χ1v) is 12.0. The Balaban J connectivity index is 1.92. The highest BCUT2D eigenvalue weighted by Crippen LogP contribution is 2.35. The molecule has 12 heteroatoms. The molecule has 11 nitrogen and oxygen atoms in total. The predicted molar refractivity (Wildman–Crippen MR) is 129 cm³/mol. The number of halogens is 1. The lowest BCUT2D eigenvalue weighted by atomic mass is 9.89. The van der Waals surface area contributed by atoms with Crippen LogP contribution in [0.5, 0.6) is 0 Å². The van der Waals surface area contributed by atoms with Crippen LogP contribution in [0.1, 0.15) is 56.8 Å². The van der Waals surface area contributed by atoms with Crippen molar-refractivity contribution in [3.8, 4) is 0 Å². The normalized spacial score (nSPS) is 20.8. The number of nitro groups is 1. The number of amides is 3. The third kappa shape index (κ3) is 6.58. The molecule has 0 radical (unpaired) electrons. The topological polar surface area (TPSA) is 143 Å². The van der Waals surface area contributed by atoms with E-state index >= 15 is 0 Å². The first-order valence-electron chi connectivity index (χ1n) is 11.2. The summed E-state index contributed by atoms with van der Waals surface area (Å²) in [4.78, 5) is 50.2. The third-order valence-electron chi connectivity index (χ3n) is 5.63. The van der Waals surface area contributed by atoms with Gasteiger partial charge in [-0.15, -0.1) is 0 Å². The number of piperazine rings is 1. The van der Waals surface area contributed by atoms with Crippen LogP contribution in [0.3, 0.4) is 0 Å². The zero-order valence-corrected chi connectivity index (χ0v) is 21.1. The molecule has 3 rings (SSSR count). The summed E-state index contributed by atoms with van der Waals surface area (Å²) in [5.41, 5.74) is -0.753. The number of alkyl carbamates (subject to hydrolysis) is 1. The fourth-order valence-corrected chi connectivity index (χ4v) is 4.61. The number of hydrogen-bond acceptors (Lipinski definition) is 7. The zero-order chi connectivity index (χ0) is 25.0. The Labute approximate surface area is 206 Å². The van der Waals surface area contributed by atoms with Crippen LogP contribution in [-0.2, 0) is 9.53 Å². The van der Waals surface area contributed by atoms with E-state index in [1.165, 1.54) is 17.0 Å². The summed E-state index contributed by atoms with van der Waals surface area (Å²) >= 11 is 3.26. The van der Waals surface area contributed by atoms with E-state index in [1.807, 2.05) is 0 Å². The van der Waals surface area contributed by atoms with E-state index < -0.39 is 22.5 Å². The molecule has 0 unspecified atom stereocenters. The molecule has 1 aromatic rings. The highest BCUT2D eigenvalue weighted by atomic mass is 79.9. The molecule has 1 aliphatic heterocycles. The van der Waals surface area contributed by atoms with E-state index in [0.29, 0.717) is 30.4 Å². The minimum atomic E-state index is -0.660. The van der Waals surface area contributed by atoms with Crippen LogP contribution in [0.2, 0.25) is 0 Å². The second kappa shape index (κ2) is 10.6. The van der Waals surface area contributed by atoms with Crippen molar-refractivity contribution in [1.82, 2.24) is 15.5 Å². The lowest BCUT2D eigenvalue weighted by molar-refractivity contribution is -0.384. The van der Waals surface area contributed by atoms with Crippen LogP contribution in [0.15, 0.2) is 16.6 Å². The standard InChI is InChI=1S/C22H30BrN5O6/c1-22(2,3)34-21(31)26-16-7-5-4-6-15(16)25-19-14(10-13(23)11-17(19)28(32)33)20(30)27-9-8-24-18(29)12-27/h10-11,15-16,25H,4-9,12H2,1-3H3,(H,24,29)(H,26,31)/t15-,16+/m1/s1. The monoisotopic (exact) mass is 539 g/mol. The van der Waals surface area contributed by atoms with E-state index in [9.17, 15) is 24.5 Å². The quantitative estimate of drug-likeness (QED) is 0.385. The molecular weight excluding hydrogens is 510 g/mol. The molecule has 34 heavy (non-hydrogen) atoms. The lowest BCUT2D eigenvalue weighted by Crippen LogP contribution is -2.51. The first kappa shape index (κ1) is 25.7. The maximum atomic E-state index is 13.3. The average molecular weight is 540 g/mol. The number of rotatable bonds is 5. The minimum Gasteiger partial charge on any atom is -0.444 e. The number of carbonyl (C=O) groups is 3. The van der Waals surface area contributed by atoms with Crippen molar-refractivity contribution in [2.24, 2.45) is 0 Å². The molecule has 1 aliphatic carbocycles. The Kier molecular flexibility index (Phi) is 8.01. The largest absolute Gasteiger partial charge is 0.444 e. The summed E-state index contributed by atoms with van der Waals surface area (Å²) in [6.45, 7) is 5.81. The SMILES string of the molecule is CC(C)(C)OC(=O)N[C@H]1CCCC[C@H]1Nc1c(C(=O)N2CCNC(=O)C2)cc(Br)cc1[N+](=O)[O-]. The fraction of sp³-hybridized carbons (Fsp3) is 0.591. The number of nitrogens with zero attached hydrogens (tertiary/aromatic N) is 2. The Morgan fingerprint density at radius 3 is 2.53 bits per heavy atom. The Morgan fingerprint density at radius 1 is 1.24 bits per heavy atom. The maximum Gasteiger partial charge on any atom is 0.407 e. The van der Waals surface area contributed by atoms with E-state index in [-0.39, 0.29) is 41.5 Å². The molecule has 2 aliphatic rings. The number of carbonyl (C=O) groups excluding carboxylic acids is 3. The van der Waals surface area contributed by atoms with Crippen molar-refractivity contribution in [2.45, 2.75) is 64.1 Å². The van der Waals surface area contributed by atoms with Crippen molar-refractivity contribution < 1.29 is 24.0 Å². The van der Waals surface area contributed by atoms with Crippen LogP contribution >= 0.6 is 15.9 Å². The first-order chi connectivity index (χ1) is 15.9. The molecule has 3 N–H and O–H groups in total. The Hall–Kier alpha value is -2.89. The molecule has 186 valence electrons. The van der Waals surface area contributed by atoms with Crippen molar-refractivity contribution in [2.75, 3.05) is 25.0 Å². The number of nitrogens with one attached hydrogen (secondary N) is 3. The van der Waals surface area contributed by atoms with Gasteiger partial charge < -0.3 is 25.6 Å². The van der Waals surface area contributed by atoms with E-state index in [1.54, 1.807) is 20.8 Å². The lowest BCUT2D eigenvalue weighted by Gasteiger charge is -2.34. The summed E-state index contributed by atoms with van der Waals surface area (Å²) in [6, 6.07) is 2.16. The van der Waals surface area contributed by atoms with Gasteiger partial charge >= 0.3 is 6.09 Å². The molecule has 1 heterocycles. The molecule has 0 spiro atoms. The summed E-state index contributed by atoms with van der Waals surface area (Å²) in [7, 11) is 0. The van der Waals surface area contributed by atoms with Gasteiger partial charge in [-0.25, -0.2) is 4.79 Å². The smallest absolute Gasteiger partial charge is 0.407 e. The van der Waals surface area contributed by atoms with Gasteiger partial charge in [-0.2, -0.15) is 0 Å². The highest BCUT2D eigenvalue weighted by molar-refractivity contribution is 9.10. The number of benzene rings is 1. The van der Waals surface area contributed by atoms with Gasteiger partial charge in [0.15, 0.2) is 0 Å². The van der Waals surface area contributed by atoms with Gasteiger partial charge in [-0.3, -0.25) is 19.7 Å². The summed E-state index contributed by atoms with van der Waals surface area (Å²) in [5.74, 6) is -0.762. The van der Waals surface area contributed by atoms with Gasteiger partial charge in [-0.05, 0) is 39.7 Å². The maximum absolute atomic E-state index is 13.3. The summed E-state index contributed by atoms with van der Waals surface area (Å²) < 4.78 is 5.75. The third-order valence-corrected chi connectivity index (χ3v) is 6.09. The van der Waals surface area contributed by atoms with E-state index in [4.69, 9.17) is 4.74 Å². The number of anilines is 1. The predicted octanol–water partition coefficient (Wildman–Crippen LogP) is 3.18. The average Bonchev–Trinajstić information content (AvgIpc) is 2.74. The zero-order valence-electron chi connectivity index (χ0n) is 19.5. The van der Waals surface area contributed by atoms with Crippen molar-refractivity contribution >= 4 is 45.2 Å².